The lowest BCUT2D eigenvalue weighted by Gasteiger charge is -2.14. The van der Waals surface area contributed by atoms with Crippen molar-refractivity contribution in [3.8, 4) is 0 Å². The van der Waals surface area contributed by atoms with Crippen molar-refractivity contribution in [1.29, 1.82) is 0 Å². The summed E-state index contributed by atoms with van der Waals surface area (Å²) in [5, 5.41) is 5.94. The zero-order valence-corrected chi connectivity index (χ0v) is 13.5. The van der Waals surface area contributed by atoms with Crippen molar-refractivity contribution in [2.24, 2.45) is 0 Å². The van der Waals surface area contributed by atoms with Gasteiger partial charge < -0.3 is 5.32 Å². The average Bonchev–Trinajstić information content (AvgIpc) is 3.03. The molecular weight excluding hydrogens is 318 g/mol. The molecule has 19 heavy (non-hydrogen) atoms. The van der Waals surface area contributed by atoms with Crippen LogP contribution in [0.5, 0.6) is 0 Å². The topological polar surface area (TPSA) is 12.0 Å². The van der Waals surface area contributed by atoms with E-state index >= 15 is 0 Å². The van der Waals surface area contributed by atoms with Gasteiger partial charge in [0.15, 0.2) is 0 Å². The van der Waals surface area contributed by atoms with Crippen LogP contribution in [0.2, 0.25) is 0 Å². The molecule has 0 saturated heterocycles. The molecule has 0 radical (unpaired) electrons. The van der Waals surface area contributed by atoms with Gasteiger partial charge in [-0.3, -0.25) is 0 Å². The molecule has 1 aromatic carbocycles. The molecule has 100 valence electrons. The lowest BCUT2D eigenvalue weighted by molar-refractivity contribution is 0.532. The van der Waals surface area contributed by atoms with Crippen LogP contribution in [0, 0.1) is 0 Å². The van der Waals surface area contributed by atoms with E-state index in [0.717, 1.165) is 13.0 Å². The van der Waals surface area contributed by atoms with Crippen molar-refractivity contribution in [3.05, 3.63) is 55.7 Å². The third kappa shape index (κ3) is 2.64. The fourth-order valence-electron chi connectivity index (χ4n) is 2.87. The van der Waals surface area contributed by atoms with Crippen LogP contribution in [0.25, 0.3) is 0 Å². The first kappa shape index (κ1) is 13.3. The predicted octanol–water partition coefficient (Wildman–Crippen LogP) is 4.85. The monoisotopic (exact) mass is 335 g/mol. The highest BCUT2D eigenvalue weighted by Gasteiger charge is 2.23. The summed E-state index contributed by atoms with van der Waals surface area (Å²) in [5.41, 5.74) is 4.45. The van der Waals surface area contributed by atoms with E-state index in [1.54, 1.807) is 0 Å². The molecule has 0 aliphatic heterocycles. The molecule has 1 aliphatic rings. The molecule has 0 bridgehead atoms. The third-order valence-corrected chi connectivity index (χ3v) is 5.65. The number of nitrogens with one attached hydrogen (secondary N) is 1. The Balaban J connectivity index is 1.72. The van der Waals surface area contributed by atoms with Crippen LogP contribution < -0.4 is 5.32 Å². The van der Waals surface area contributed by atoms with Crippen LogP contribution >= 0.6 is 27.3 Å². The molecule has 1 N–H and O–H groups in total. The molecular formula is C16H18BrNS. The van der Waals surface area contributed by atoms with Crippen molar-refractivity contribution in [1.82, 2.24) is 5.32 Å². The SMILES string of the molecule is CCc1ccsc1CNC1CCc2c(Br)cccc21. The normalized spacial score (nSPS) is 17.7. The number of halogens is 1. The van der Waals surface area contributed by atoms with Gasteiger partial charge in [-0.1, -0.05) is 35.0 Å². The summed E-state index contributed by atoms with van der Waals surface area (Å²) in [4.78, 5) is 1.49. The van der Waals surface area contributed by atoms with Crippen LogP contribution in [-0.4, -0.2) is 0 Å². The molecule has 0 spiro atoms. The highest BCUT2D eigenvalue weighted by atomic mass is 79.9. The van der Waals surface area contributed by atoms with Crippen LogP contribution in [-0.2, 0) is 19.4 Å². The van der Waals surface area contributed by atoms with E-state index in [1.165, 1.54) is 38.9 Å². The first-order valence-corrected chi connectivity index (χ1v) is 8.52. The van der Waals surface area contributed by atoms with Crippen LogP contribution in [0.3, 0.4) is 0 Å². The summed E-state index contributed by atoms with van der Waals surface area (Å²) in [5.74, 6) is 0. The van der Waals surface area contributed by atoms with Gasteiger partial charge in [0, 0.05) is 21.9 Å². The van der Waals surface area contributed by atoms with Crippen molar-refractivity contribution < 1.29 is 0 Å². The molecule has 1 heterocycles. The van der Waals surface area contributed by atoms with Gasteiger partial charge in [-0.05, 0) is 53.5 Å². The van der Waals surface area contributed by atoms with Crippen LogP contribution in [0.4, 0.5) is 0 Å². The Labute approximate surface area is 127 Å². The highest BCUT2D eigenvalue weighted by molar-refractivity contribution is 9.10. The minimum atomic E-state index is 0.513. The minimum Gasteiger partial charge on any atom is -0.305 e. The number of thiophene rings is 1. The van der Waals surface area contributed by atoms with E-state index in [9.17, 15) is 0 Å². The Bertz CT molecular complexity index is 576. The Morgan fingerprint density at radius 3 is 3.11 bits per heavy atom. The zero-order valence-electron chi connectivity index (χ0n) is 11.1. The first-order chi connectivity index (χ1) is 9.29. The van der Waals surface area contributed by atoms with E-state index in [1.807, 2.05) is 11.3 Å². The lowest BCUT2D eigenvalue weighted by atomic mass is 10.1. The molecule has 1 aromatic heterocycles. The molecule has 2 aromatic rings. The number of aryl methyl sites for hydroxylation is 1. The van der Waals surface area contributed by atoms with E-state index in [0.29, 0.717) is 6.04 Å². The Morgan fingerprint density at radius 2 is 2.26 bits per heavy atom. The smallest absolute Gasteiger partial charge is 0.0329 e. The summed E-state index contributed by atoms with van der Waals surface area (Å²) in [6.07, 6.45) is 3.53. The number of hydrogen-bond donors (Lipinski definition) is 1. The van der Waals surface area contributed by atoms with E-state index in [2.05, 4.69) is 57.8 Å². The fourth-order valence-corrected chi connectivity index (χ4v) is 4.38. The van der Waals surface area contributed by atoms with Gasteiger partial charge in [-0.25, -0.2) is 0 Å². The minimum absolute atomic E-state index is 0.513. The second-order valence-electron chi connectivity index (χ2n) is 5.00. The van der Waals surface area contributed by atoms with Crippen molar-refractivity contribution >= 4 is 27.3 Å². The summed E-state index contributed by atoms with van der Waals surface area (Å²) in [6.45, 7) is 3.23. The van der Waals surface area contributed by atoms with E-state index in [4.69, 9.17) is 0 Å². The van der Waals surface area contributed by atoms with Gasteiger partial charge in [-0.15, -0.1) is 11.3 Å². The van der Waals surface area contributed by atoms with Crippen LogP contribution in [0.15, 0.2) is 34.1 Å². The quantitative estimate of drug-likeness (QED) is 0.842. The Morgan fingerprint density at radius 1 is 1.37 bits per heavy atom. The molecule has 1 unspecified atom stereocenters. The number of hydrogen-bond acceptors (Lipinski definition) is 2. The molecule has 0 amide bonds. The van der Waals surface area contributed by atoms with Gasteiger partial charge in [0.05, 0.1) is 0 Å². The van der Waals surface area contributed by atoms with Crippen LogP contribution in [0.1, 0.15) is 41.0 Å². The first-order valence-electron chi connectivity index (χ1n) is 6.85. The molecule has 0 fully saturated rings. The maximum atomic E-state index is 3.73. The van der Waals surface area contributed by atoms with Gasteiger partial charge in [0.25, 0.3) is 0 Å². The Hall–Kier alpha value is -0.640. The maximum Gasteiger partial charge on any atom is 0.0329 e. The molecule has 1 atom stereocenters. The second-order valence-corrected chi connectivity index (χ2v) is 6.86. The maximum absolute atomic E-state index is 3.73. The zero-order chi connectivity index (χ0) is 13.2. The van der Waals surface area contributed by atoms with E-state index < -0.39 is 0 Å². The van der Waals surface area contributed by atoms with Gasteiger partial charge in [-0.2, -0.15) is 0 Å². The molecule has 3 heteroatoms. The Kier molecular flexibility index (Phi) is 4.06. The predicted molar refractivity (Wildman–Crippen MR) is 85.7 cm³/mol. The molecule has 0 saturated carbocycles. The van der Waals surface area contributed by atoms with Crippen molar-refractivity contribution in [3.63, 3.8) is 0 Å². The summed E-state index contributed by atoms with van der Waals surface area (Å²) < 4.78 is 1.26. The van der Waals surface area contributed by atoms with Gasteiger partial charge >= 0.3 is 0 Å². The number of fused-ring (bicyclic) bond motifs is 1. The largest absolute Gasteiger partial charge is 0.305 e. The van der Waals surface area contributed by atoms with Crippen molar-refractivity contribution in [2.75, 3.05) is 0 Å². The van der Waals surface area contributed by atoms with Gasteiger partial charge in [0.1, 0.15) is 0 Å². The summed E-state index contributed by atoms with van der Waals surface area (Å²) >= 11 is 5.53. The summed E-state index contributed by atoms with van der Waals surface area (Å²) in [6, 6.07) is 9.32. The molecule has 3 rings (SSSR count). The van der Waals surface area contributed by atoms with Gasteiger partial charge in [0.2, 0.25) is 0 Å². The highest BCUT2D eigenvalue weighted by Crippen LogP contribution is 2.35. The summed E-state index contributed by atoms with van der Waals surface area (Å²) in [7, 11) is 0. The lowest BCUT2D eigenvalue weighted by Crippen LogP contribution is -2.18. The third-order valence-electron chi connectivity index (χ3n) is 3.94. The standard InChI is InChI=1S/C16H18BrNS/c1-2-11-8-9-19-16(11)10-18-15-7-6-12-13(15)4-3-5-14(12)17/h3-5,8-9,15,18H,2,6-7,10H2,1H3. The number of benzene rings is 1. The average molecular weight is 336 g/mol. The second kappa shape index (κ2) is 5.78. The molecule has 1 nitrogen and oxygen atoms in total. The van der Waals surface area contributed by atoms with E-state index in [-0.39, 0.29) is 0 Å². The van der Waals surface area contributed by atoms with Crippen molar-refractivity contribution in [2.45, 2.75) is 38.8 Å². The number of rotatable bonds is 4. The fraction of sp³-hybridized carbons (Fsp3) is 0.375. The molecule has 1 aliphatic carbocycles.